The molecule has 0 saturated carbocycles. The first-order valence-electron chi connectivity index (χ1n) is 22.0. The van der Waals surface area contributed by atoms with Crippen molar-refractivity contribution in [3.05, 3.63) is 249 Å². The van der Waals surface area contributed by atoms with Crippen molar-refractivity contribution in [1.29, 1.82) is 0 Å². The molecule has 0 radical (unpaired) electrons. The van der Waals surface area contributed by atoms with Gasteiger partial charge in [-0.05, 0) is 138 Å². The molecule has 0 heteroatoms. The first-order valence-corrected chi connectivity index (χ1v) is 22.0. The van der Waals surface area contributed by atoms with Crippen LogP contribution in [0.15, 0.2) is 188 Å². The summed E-state index contributed by atoms with van der Waals surface area (Å²) >= 11 is 0. The van der Waals surface area contributed by atoms with Crippen LogP contribution < -0.4 is 0 Å². The van der Waals surface area contributed by atoms with Gasteiger partial charge in [-0.15, -0.1) is 0 Å². The fourth-order valence-electron chi connectivity index (χ4n) is 11.0. The van der Waals surface area contributed by atoms with Gasteiger partial charge in [-0.3, -0.25) is 0 Å². The van der Waals surface area contributed by atoms with E-state index in [-0.39, 0.29) is 5.41 Å². The van der Waals surface area contributed by atoms with Crippen LogP contribution in [0.3, 0.4) is 0 Å². The van der Waals surface area contributed by atoms with Crippen LogP contribution in [0.5, 0.6) is 0 Å². The Morgan fingerprint density at radius 3 is 1.77 bits per heavy atom. The zero-order chi connectivity index (χ0) is 41.5. The molecule has 0 spiro atoms. The number of aryl methyl sites for hydroxylation is 3. The molecule has 0 aliphatic heterocycles. The highest BCUT2D eigenvalue weighted by atomic mass is 14.5. The van der Waals surface area contributed by atoms with E-state index >= 15 is 0 Å². The van der Waals surface area contributed by atoms with E-state index in [2.05, 4.69) is 223 Å². The molecule has 2 aliphatic rings. The molecule has 1 atom stereocenters. The topological polar surface area (TPSA) is 0 Å². The monoisotopic (exact) mass is 782 g/mol. The molecule has 294 valence electrons. The lowest BCUT2D eigenvalue weighted by Gasteiger charge is -2.34. The van der Waals surface area contributed by atoms with Crippen LogP contribution in [-0.2, 0) is 23.7 Å². The molecule has 0 saturated heterocycles. The van der Waals surface area contributed by atoms with E-state index in [4.69, 9.17) is 0 Å². The van der Waals surface area contributed by atoms with E-state index in [0.717, 1.165) is 12.8 Å². The first-order chi connectivity index (χ1) is 29.7. The number of hydrogen-bond acceptors (Lipinski definition) is 0. The highest BCUT2D eigenvalue weighted by Gasteiger charge is 2.47. The van der Waals surface area contributed by atoms with E-state index in [9.17, 15) is 0 Å². The summed E-state index contributed by atoms with van der Waals surface area (Å²) in [6, 6.07) is 71.9. The molecular formula is C61H50. The quantitative estimate of drug-likeness (QED) is 0.151. The fourth-order valence-corrected chi connectivity index (χ4v) is 11.0. The lowest BCUT2D eigenvalue weighted by molar-refractivity contribution is 0.666. The van der Waals surface area contributed by atoms with Gasteiger partial charge in [0.1, 0.15) is 0 Å². The summed E-state index contributed by atoms with van der Waals surface area (Å²) < 4.78 is 0. The van der Waals surface area contributed by atoms with Gasteiger partial charge in [0.15, 0.2) is 0 Å². The van der Waals surface area contributed by atoms with Crippen molar-refractivity contribution in [3.8, 4) is 44.5 Å². The Kier molecular flexibility index (Phi) is 8.66. The smallest absolute Gasteiger partial charge is 0.0619 e. The van der Waals surface area contributed by atoms with E-state index in [0.29, 0.717) is 0 Å². The summed E-state index contributed by atoms with van der Waals surface area (Å²) in [5, 5.41) is 2.66. The van der Waals surface area contributed by atoms with Gasteiger partial charge in [0.2, 0.25) is 0 Å². The molecular weight excluding hydrogens is 733 g/mol. The Balaban J connectivity index is 1.09. The first kappa shape index (κ1) is 37.3. The van der Waals surface area contributed by atoms with Gasteiger partial charge in [0.25, 0.3) is 0 Å². The van der Waals surface area contributed by atoms with Crippen LogP contribution in [0.25, 0.3) is 55.3 Å². The van der Waals surface area contributed by atoms with Crippen molar-refractivity contribution < 1.29 is 0 Å². The molecule has 9 aromatic carbocycles. The third-order valence-electron chi connectivity index (χ3n) is 14.1. The van der Waals surface area contributed by atoms with Gasteiger partial charge < -0.3 is 0 Å². The molecule has 2 aliphatic carbocycles. The SMILES string of the molecule is CCc1ccc(-c2cc(Cc3ccc(C4(c5ccc(C)cc5)c5ccccc5-c5c(-c6ccc(C)cc6)cccc54)cc3)c3c(c2)C(C)(C)c2c-3ccc3ccccc23)cc1. The molecule has 0 N–H and O–H groups in total. The van der Waals surface area contributed by atoms with Gasteiger partial charge in [-0.2, -0.15) is 0 Å². The largest absolute Gasteiger partial charge is 0.0713 e. The van der Waals surface area contributed by atoms with Crippen molar-refractivity contribution in [2.45, 2.75) is 58.3 Å². The predicted octanol–water partition coefficient (Wildman–Crippen LogP) is 15.6. The van der Waals surface area contributed by atoms with E-state index < -0.39 is 5.41 Å². The predicted molar refractivity (Wildman–Crippen MR) is 258 cm³/mol. The Hall–Kier alpha value is -6.76. The van der Waals surface area contributed by atoms with E-state index in [1.807, 2.05) is 0 Å². The summed E-state index contributed by atoms with van der Waals surface area (Å²) in [6.45, 7) is 11.4. The van der Waals surface area contributed by atoms with Crippen molar-refractivity contribution in [2.75, 3.05) is 0 Å². The molecule has 0 bridgehead atoms. The normalized spacial score (nSPS) is 15.6. The Labute approximate surface area is 361 Å². The highest BCUT2D eigenvalue weighted by molar-refractivity contribution is 5.99. The standard InChI is InChI=1S/C61H50/c1-6-41-22-28-43(29-23-41)46-37-47(57-53-35-30-44-12-7-8-13-51(44)59(53)60(4,5)56(57)38-46)36-42-24-33-49(34-25-42)61(48-31-20-40(3)21-32-48)54-16-10-9-14-52(54)58-50(15-11-17-55(58)61)45-26-18-39(2)19-27-45/h7-35,37-38H,6,36H2,1-5H3. The maximum absolute atomic E-state index is 2.49. The van der Waals surface area contributed by atoms with Crippen molar-refractivity contribution >= 4 is 10.8 Å². The second-order valence-corrected chi connectivity index (χ2v) is 18.1. The average molecular weight is 783 g/mol. The van der Waals surface area contributed by atoms with Crippen LogP contribution in [0.2, 0.25) is 0 Å². The average Bonchev–Trinajstić information content (AvgIpc) is 3.73. The number of rotatable bonds is 7. The van der Waals surface area contributed by atoms with Crippen molar-refractivity contribution in [2.24, 2.45) is 0 Å². The third-order valence-corrected chi connectivity index (χ3v) is 14.1. The van der Waals surface area contributed by atoms with Gasteiger partial charge in [0, 0.05) is 5.41 Å². The summed E-state index contributed by atoms with van der Waals surface area (Å²) in [4.78, 5) is 0. The minimum absolute atomic E-state index is 0.148. The molecule has 11 rings (SSSR count). The molecule has 0 heterocycles. The second kappa shape index (κ2) is 14.2. The number of benzene rings is 9. The lowest BCUT2D eigenvalue weighted by Crippen LogP contribution is -2.28. The molecule has 9 aromatic rings. The third kappa shape index (κ3) is 5.73. The van der Waals surface area contributed by atoms with Crippen molar-refractivity contribution in [1.82, 2.24) is 0 Å². The molecule has 0 aromatic heterocycles. The minimum Gasteiger partial charge on any atom is -0.0619 e. The summed E-state index contributed by atoms with van der Waals surface area (Å²) in [7, 11) is 0. The molecule has 61 heavy (non-hydrogen) atoms. The maximum Gasteiger partial charge on any atom is 0.0713 e. The van der Waals surface area contributed by atoms with Crippen LogP contribution >= 0.6 is 0 Å². The summed E-state index contributed by atoms with van der Waals surface area (Å²) in [5.74, 6) is 0. The number of fused-ring (bicyclic) bond motifs is 8. The Morgan fingerprint density at radius 1 is 0.426 bits per heavy atom. The zero-order valence-corrected chi connectivity index (χ0v) is 35.8. The summed E-state index contributed by atoms with van der Waals surface area (Å²) in [6.07, 6.45) is 1.88. The van der Waals surface area contributed by atoms with Gasteiger partial charge in [-0.1, -0.05) is 214 Å². The number of hydrogen-bond donors (Lipinski definition) is 0. The fraction of sp³-hybridized carbons (Fsp3) is 0.148. The van der Waals surface area contributed by atoms with Crippen LogP contribution in [0, 0.1) is 13.8 Å². The van der Waals surface area contributed by atoms with Gasteiger partial charge >= 0.3 is 0 Å². The molecule has 0 amide bonds. The van der Waals surface area contributed by atoms with Crippen LogP contribution in [-0.4, -0.2) is 0 Å². The van der Waals surface area contributed by atoms with Crippen LogP contribution in [0.4, 0.5) is 0 Å². The maximum atomic E-state index is 2.49. The van der Waals surface area contributed by atoms with Gasteiger partial charge in [-0.25, -0.2) is 0 Å². The van der Waals surface area contributed by atoms with E-state index in [1.54, 1.807) is 0 Å². The van der Waals surface area contributed by atoms with Gasteiger partial charge in [0.05, 0.1) is 5.41 Å². The Bertz CT molecular complexity index is 3140. The molecule has 1 unspecified atom stereocenters. The van der Waals surface area contributed by atoms with Crippen LogP contribution in [0.1, 0.15) is 82.0 Å². The van der Waals surface area contributed by atoms with E-state index in [1.165, 1.54) is 116 Å². The lowest BCUT2D eigenvalue weighted by atomic mass is 9.67. The zero-order valence-electron chi connectivity index (χ0n) is 35.8. The molecule has 0 fully saturated rings. The Morgan fingerprint density at radius 2 is 1.03 bits per heavy atom. The summed E-state index contributed by atoms with van der Waals surface area (Å²) in [5.41, 5.74) is 24.6. The van der Waals surface area contributed by atoms with Crippen molar-refractivity contribution in [3.63, 3.8) is 0 Å². The highest BCUT2D eigenvalue weighted by Crippen LogP contribution is 2.59. The second-order valence-electron chi connectivity index (χ2n) is 18.1. The minimum atomic E-state index is -0.477. The molecule has 0 nitrogen and oxygen atoms in total.